The Morgan fingerprint density at radius 1 is 1.11 bits per heavy atom. The first-order valence-corrected chi connectivity index (χ1v) is 10.9. The zero-order chi connectivity index (χ0) is 20.3. The van der Waals surface area contributed by atoms with E-state index in [-0.39, 0.29) is 34.8 Å². The number of hydrogen-bond acceptors (Lipinski definition) is 4. The summed E-state index contributed by atoms with van der Waals surface area (Å²) in [5, 5.41) is 3.68. The maximum absolute atomic E-state index is 12.9. The predicted octanol–water partition coefficient (Wildman–Crippen LogP) is 4.04. The SMILES string of the molecule is COc1ccc(S(=O)(=O)N2CCC(C(=O)Nc3ccc(Cl)cc3)CC2)cc1Cl. The first-order chi connectivity index (χ1) is 13.3. The molecule has 0 aromatic heterocycles. The standard InChI is InChI=1S/C19H20Cl2N2O4S/c1-27-18-7-6-16(12-17(18)21)28(25,26)23-10-8-13(9-11-23)19(24)22-15-4-2-14(20)3-5-15/h2-7,12-13H,8-11H2,1H3,(H,22,24). The third kappa shape index (κ3) is 4.60. The highest BCUT2D eigenvalue weighted by atomic mass is 35.5. The van der Waals surface area contributed by atoms with Crippen molar-refractivity contribution in [1.29, 1.82) is 0 Å². The van der Waals surface area contributed by atoms with Gasteiger partial charge in [0, 0.05) is 29.7 Å². The van der Waals surface area contributed by atoms with Crippen LogP contribution >= 0.6 is 23.2 Å². The molecule has 0 saturated carbocycles. The molecule has 0 aliphatic carbocycles. The molecule has 1 amide bonds. The molecule has 3 rings (SSSR count). The van der Waals surface area contributed by atoms with Crippen molar-refractivity contribution in [2.75, 3.05) is 25.5 Å². The molecule has 0 bridgehead atoms. The minimum Gasteiger partial charge on any atom is -0.495 e. The van der Waals surface area contributed by atoms with Gasteiger partial charge in [0.25, 0.3) is 0 Å². The molecule has 0 unspecified atom stereocenters. The minimum atomic E-state index is -3.68. The van der Waals surface area contributed by atoms with Crippen LogP contribution in [0, 0.1) is 5.92 Å². The normalized spacial score (nSPS) is 16.0. The molecule has 6 nitrogen and oxygen atoms in total. The van der Waals surface area contributed by atoms with Gasteiger partial charge in [0.05, 0.1) is 17.0 Å². The van der Waals surface area contributed by atoms with Gasteiger partial charge in [-0.25, -0.2) is 8.42 Å². The number of benzene rings is 2. The van der Waals surface area contributed by atoms with Gasteiger partial charge in [0.15, 0.2) is 0 Å². The number of carbonyl (C=O) groups excluding carboxylic acids is 1. The Hall–Kier alpha value is -1.80. The minimum absolute atomic E-state index is 0.113. The molecule has 2 aromatic carbocycles. The van der Waals surface area contributed by atoms with Crippen molar-refractivity contribution in [3.63, 3.8) is 0 Å². The van der Waals surface area contributed by atoms with Crippen LogP contribution in [0.5, 0.6) is 5.75 Å². The van der Waals surface area contributed by atoms with Gasteiger partial charge in [0.1, 0.15) is 5.75 Å². The fourth-order valence-corrected chi connectivity index (χ4v) is 5.04. The number of carbonyl (C=O) groups is 1. The maximum Gasteiger partial charge on any atom is 0.243 e. The summed E-state index contributed by atoms with van der Waals surface area (Å²) >= 11 is 11.9. The largest absolute Gasteiger partial charge is 0.495 e. The maximum atomic E-state index is 12.9. The average Bonchev–Trinajstić information content (AvgIpc) is 2.69. The smallest absolute Gasteiger partial charge is 0.243 e. The third-order valence-corrected chi connectivity index (χ3v) is 7.14. The van der Waals surface area contributed by atoms with Gasteiger partial charge >= 0.3 is 0 Å². The van der Waals surface area contributed by atoms with E-state index in [2.05, 4.69) is 5.32 Å². The van der Waals surface area contributed by atoms with Crippen LogP contribution in [0.1, 0.15) is 12.8 Å². The second-order valence-electron chi connectivity index (χ2n) is 6.47. The molecule has 150 valence electrons. The molecule has 0 spiro atoms. The van der Waals surface area contributed by atoms with Crippen LogP contribution in [0.4, 0.5) is 5.69 Å². The Balaban J connectivity index is 1.63. The van der Waals surface area contributed by atoms with Crippen molar-refractivity contribution in [3.8, 4) is 5.75 Å². The second kappa shape index (κ2) is 8.69. The molecule has 28 heavy (non-hydrogen) atoms. The fourth-order valence-electron chi connectivity index (χ4n) is 3.09. The molecular formula is C19H20Cl2N2O4S. The van der Waals surface area contributed by atoms with Crippen LogP contribution in [0.15, 0.2) is 47.4 Å². The first kappa shape index (κ1) is 20.9. The summed E-state index contributed by atoms with van der Waals surface area (Å²) in [5.41, 5.74) is 0.664. The molecule has 9 heteroatoms. The summed E-state index contributed by atoms with van der Waals surface area (Å²) in [5.74, 6) is 0.0478. The van der Waals surface area contributed by atoms with Gasteiger partial charge in [-0.05, 0) is 55.3 Å². The molecule has 1 aliphatic heterocycles. The number of nitrogens with zero attached hydrogens (tertiary/aromatic N) is 1. The van der Waals surface area contributed by atoms with Gasteiger partial charge in [-0.3, -0.25) is 4.79 Å². The Morgan fingerprint density at radius 3 is 2.32 bits per heavy atom. The van der Waals surface area contributed by atoms with E-state index >= 15 is 0 Å². The first-order valence-electron chi connectivity index (χ1n) is 8.71. The number of amides is 1. The van der Waals surface area contributed by atoms with Gasteiger partial charge in [-0.15, -0.1) is 0 Å². The molecule has 1 heterocycles. The lowest BCUT2D eigenvalue weighted by molar-refractivity contribution is -0.120. The van der Waals surface area contributed by atoms with E-state index in [9.17, 15) is 13.2 Å². The van der Waals surface area contributed by atoms with Crippen LogP contribution < -0.4 is 10.1 Å². The summed E-state index contributed by atoms with van der Waals surface area (Å²) in [6, 6.07) is 11.2. The summed E-state index contributed by atoms with van der Waals surface area (Å²) in [6.07, 6.45) is 0.894. The van der Waals surface area contributed by atoms with Gasteiger partial charge in [-0.1, -0.05) is 23.2 Å². The lowest BCUT2D eigenvalue weighted by atomic mass is 9.97. The van der Waals surface area contributed by atoms with Crippen LogP contribution in [0.3, 0.4) is 0 Å². The molecule has 1 fully saturated rings. The molecule has 1 N–H and O–H groups in total. The van der Waals surface area contributed by atoms with E-state index in [1.165, 1.54) is 29.6 Å². The topological polar surface area (TPSA) is 75.7 Å². The number of nitrogens with one attached hydrogen (secondary N) is 1. The van der Waals surface area contributed by atoms with Crippen LogP contribution in [0.2, 0.25) is 10.0 Å². The number of hydrogen-bond donors (Lipinski definition) is 1. The average molecular weight is 443 g/mol. The summed E-state index contributed by atoms with van der Waals surface area (Å²) in [7, 11) is -2.21. The van der Waals surface area contributed by atoms with Crippen molar-refractivity contribution < 1.29 is 17.9 Å². The Bertz CT molecular complexity index is 956. The Labute approximate surface area is 174 Å². The zero-order valence-corrected chi connectivity index (χ0v) is 17.5. The van der Waals surface area contributed by atoms with Crippen LogP contribution in [-0.4, -0.2) is 38.8 Å². The number of rotatable bonds is 5. The highest BCUT2D eigenvalue weighted by Gasteiger charge is 2.32. The molecule has 0 radical (unpaired) electrons. The van der Waals surface area contributed by atoms with Crippen molar-refractivity contribution in [2.45, 2.75) is 17.7 Å². The van der Waals surface area contributed by atoms with E-state index in [1.807, 2.05) is 0 Å². The van der Waals surface area contributed by atoms with E-state index in [4.69, 9.17) is 27.9 Å². The predicted molar refractivity (Wildman–Crippen MR) is 110 cm³/mol. The van der Waals surface area contributed by atoms with E-state index < -0.39 is 10.0 Å². The number of sulfonamides is 1. The van der Waals surface area contributed by atoms with Gasteiger partial charge < -0.3 is 10.1 Å². The summed E-state index contributed by atoms with van der Waals surface area (Å²) < 4.78 is 32.2. The summed E-state index contributed by atoms with van der Waals surface area (Å²) in [6.45, 7) is 0.537. The zero-order valence-electron chi connectivity index (χ0n) is 15.2. The number of anilines is 1. The highest BCUT2D eigenvalue weighted by molar-refractivity contribution is 7.89. The van der Waals surface area contributed by atoms with E-state index in [0.717, 1.165) is 0 Å². The second-order valence-corrected chi connectivity index (χ2v) is 9.25. The van der Waals surface area contributed by atoms with Crippen molar-refractivity contribution in [2.24, 2.45) is 5.92 Å². The monoisotopic (exact) mass is 442 g/mol. The van der Waals surface area contributed by atoms with Gasteiger partial charge in [0.2, 0.25) is 15.9 Å². The van der Waals surface area contributed by atoms with Crippen molar-refractivity contribution in [1.82, 2.24) is 4.31 Å². The van der Waals surface area contributed by atoms with Crippen molar-refractivity contribution in [3.05, 3.63) is 52.5 Å². The lowest BCUT2D eigenvalue weighted by Gasteiger charge is -2.30. The number of piperidine rings is 1. The highest BCUT2D eigenvalue weighted by Crippen LogP contribution is 2.30. The molecule has 1 aliphatic rings. The third-order valence-electron chi connectivity index (χ3n) is 4.70. The van der Waals surface area contributed by atoms with Crippen molar-refractivity contribution >= 4 is 44.8 Å². The Morgan fingerprint density at radius 2 is 1.75 bits per heavy atom. The molecular weight excluding hydrogens is 423 g/mol. The molecule has 1 saturated heterocycles. The van der Waals surface area contributed by atoms with Crippen LogP contribution in [0.25, 0.3) is 0 Å². The van der Waals surface area contributed by atoms with Gasteiger partial charge in [-0.2, -0.15) is 4.31 Å². The van der Waals surface area contributed by atoms with E-state index in [0.29, 0.717) is 29.3 Å². The summed E-state index contributed by atoms with van der Waals surface area (Å²) in [4.78, 5) is 12.6. The fraction of sp³-hybridized carbons (Fsp3) is 0.316. The number of ether oxygens (including phenoxy) is 1. The lowest BCUT2D eigenvalue weighted by Crippen LogP contribution is -2.41. The number of methoxy groups -OCH3 is 1. The van der Waals surface area contributed by atoms with Crippen LogP contribution in [-0.2, 0) is 14.8 Å². The molecule has 0 atom stereocenters. The Kier molecular flexibility index (Phi) is 6.50. The van der Waals surface area contributed by atoms with E-state index in [1.54, 1.807) is 24.3 Å². The quantitative estimate of drug-likeness (QED) is 0.757. The molecule has 2 aromatic rings. The number of halogens is 2.